The van der Waals surface area contributed by atoms with Crippen molar-refractivity contribution in [2.75, 3.05) is 24.9 Å². The maximum Gasteiger partial charge on any atom is 0.251 e. The number of amides is 1. The lowest BCUT2D eigenvalue weighted by Crippen LogP contribution is -2.19. The molecule has 0 bridgehead atoms. The van der Waals surface area contributed by atoms with E-state index in [1.807, 2.05) is 0 Å². The van der Waals surface area contributed by atoms with Gasteiger partial charge >= 0.3 is 0 Å². The standard InChI is InChI=1S/C22H18Cl2FN3O3S/c1-30-18-10-19(31-2)17(9-15(18)24)28-22(32)27-16-7-6-11(8-14(16)23)12-4-3-5-13(20(12)25)21(26)29/h3-10H,1-2H3,(H2,26,29)(H2,27,28,32). The van der Waals surface area contributed by atoms with Crippen LogP contribution in [0, 0.1) is 5.82 Å². The molecule has 0 aliphatic rings. The van der Waals surface area contributed by atoms with Gasteiger partial charge < -0.3 is 25.8 Å². The van der Waals surface area contributed by atoms with Gasteiger partial charge in [0.15, 0.2) is 5.11 Å². The summed E-state index contributed by atoms with van der Waals surface area (Å²) in [5, 5.41) is 6.85. The van der Waals surface area contributed by atoms with Crippen LogP contribution in [-0.2, 0) is 0 Å². The van der Waals surface area contributed by atoms with Crippen LogP contribution in [0.4, 0.5) is 15.8 Å². The maximum absolute atomic E-state index is 14.6. The molecule has 166 valence electrons. The van der Waals surface area contributed by atoms with E-state index in [0.717, 1.165) is 0 Å². The Balaban J connectivity index is 1.81. The van der Waals surface area contributed by atoms with Gasteiger partial charge in [-0.2, -0.15) is 0 Å². The SMILES string of the molecule is COc1cc(OC)c(NC(=S)Nc2ccc(-c3cccc(C(N)=O)c3F)cc2Cl)cc1Cl. The third kappa shape index (κ3) is 5.04. The van der Waals surface area contributed by atoms with Gasteiger partial charge in [0.05, 0.1) is 41.2 Å². The van der Waals surface area contributed by atoms with E-state index in [2.05, 4.69) is 10.6 Å². The van der Waals surface area contributed by atoms with Crippen molar-refractivity contribution in [1.82, 2.24) is 0 Å². The van der Waals surface area contributed by atoms with Gasteiger partial charge in [0.1, 0.15) is 17.3 Å². The van der Waals surface area contributed by atoms with E-state index in [1.165, 1.54) is 26.4 Å². The molecule has 0 radical (unpaired) electrons. The number of ether oxygens (including phenoxy) is 2. The number of nitrogens with two attached hydrogens (primary N) is 1. The van der Waals surface area contributed by atoms with Crippen LogP contribution >= 0.6 is 35.4 Å². The minimum atomic E-state index is -0.848. The Morgan fingerprint density at radius 2 is 1.66 bits per heavy atom. The third-order valence-electron chi connectivity index (χ3n) is 4.51. The van der Waals surface area contributed by atoms with Crippen LogP contribution in [0.5, 0.6) is 11.5 Å². The predicted molar refractivity (Wildman–Crippen MR) is 130 cm³/mol. The summed E-state index contributed by atoms with van der Waals surface area (Å²) in [7, 11) is 3.01. The normalized spacial score (nSPS) is 10.4. The third-order valence-corrected chi connectivity index (χ3v) is 5.33. The van der Waals surface area contributed by atoms with Crippen LogP contribution in [0.25, 0.3) is 11.1 Å². The molecule has 0 fully saturated rings. The molecule has 6 nitrogen and oxygen atoms in total. The number of anilines is 2. The van der Waals surface area contributed by atoms with Gasteiger partial charge in [-0.3, -0.25) is 4.79 Å². The highest BCUT2D eigenvalue weighted by molar-refractivity contribution is 7.80. The second kappa shape index (κ2) is 10.0. The molecular weight excluding hydrogens is 476 g/mol. The summed E-state index contributed by atoms with van der Waals surface area (Å²) in [6, 6.07) is 12.5. The molecule has 0 spiro atoms. The highest BCUT2D eigenvalue weighted by Gasteiger charge is 2.15. The molecule has 3 rings (SSSR count). The van der Waals surface area contributed by atoms with Crippen LogP contribution in [0.15, 0.2) is 48.5 Å². The molecular formula is C22H18Cl2FN3O3S. The number of nitrogens with one attached hydrogen (secondary N) is 2. The number of thiocarbonyl (C=S) groups is 1. The first-order valence-corrected chi connectivity index (χ1v) is 10.3. The van der Waals surface area contributed by atoms with Crippen LogP contribution in [0.3, 0.4) is 0 Å². The number of carbonyl (C=O) groups excluding carboxylic acids is 1. The molecule has 3 aromatic carbocycles. The summed E-state index contributed by atoms with van der Waals surface area (Å²) >= 11 is 17.9. The fourth-order valence-electron chi connectivity index (χ4n) is 2.96. The van der Waals surface area contributed by atoms with E-state index in [1.54, 1.807) is 36.4 Å². The molecule has 1 amide bonds. The van der Waals surface area contributed by atoms with Crippen molar-refractivity contribution < 1.29 is 18.7 Å². The fourth-order valence-corrected chi connectivity index (χ4v) is 3.65. The van der Waals surface area contributed by atoms with E-state index >= 15 is 0 Å². The first kappa shape index (κ1) is 23.6. The first-order chi connectivity index (χ1) is 15.2. The maximum atomic E-state index is 14.6. The van der Waals surface area contributed by atoms with Gasteiger partial charge in [-0.1, -0.05) is 41.4 Å². The molecule has 10 heteroatoms. The molecule has 3 aromatic rings. The van der Waals surface area contributed by atoms with Crippen molar-refractivity contribution in [2.45, 2.75) is 0 Å². The summed E-state index contributed by atoms with van der Waals surface area (Å²) in [5.74, 6) is -0.627. The minimum Gasteiger partial charge on any atom is -0.495 e. The number of rotatable bonds is 6. The van der Waals surface area contributed by atoms with E-state index in [9.17, 15) is 9.18 Å². The van der Waals surface area contributed by atoms with E-state index in [4.69, 9.17) is 50.6 Å². The van der Waals surface area contributed by atoms with Crippen molar-refractivity contribution in [3.05, 3.63) is 70.0 Å². The molecule has 0 saturated carbocycles. The molecule has 0 atom stereocenters. The average Bonchev–Trinajstić information content (AvgIpc) is 2.75. The summed E-state index contributed by atoms with van der Waals surface area (Å²) in [4.78, 5) is 11.4. The number of primary amides is 1. The summed E-state index contributed by atoms with van der Waals surface area (Å²) in [5.41, 5.74) is 6.71. The van der Waals surface area contributed by atoms with Crippen LogP contribution in [-0.4, -0.2) is 25.2 Å². The molecule has 0 aromatic heterocycles. The average molecular weight is 494 g/mol. The van der Waals surface area contributed by atoms with E-state index in [0.29, 0.717) is 33.5 Å². The minimum absolute atomic E-state index is 0.196. The van der Waals surface area contributed by atoms with E-state index < -0.39 is 11.7 Å². The largest absolute Gasteiger partial charge is 0.495 e. The topological polar surface area (TPSA) is 85.6 Å². The number of carbonyl (C=O) groups is 1. The van der Waals surface area contributed by atoms with Crippen molar-refractivity contribution in [1.29, 1.82) is 0 Å². The Morgan fingerprint density at radius 3 is 2.28 bits per heavy atom. The summed E-state index contributed by atoms with van der Waals surface area (Å²) < 4.78 is 25.1. The van der Waals surface area contributed by atoms with Crippen molar-refractivity contribution in [3.63, 3.8) is 0 Å². The zero-order chi connectivity index (χ0) is 23.4. The zero-order valence-electron chi connectivity index (χ0n) is 17.0. The number of hydrogen-bond donors (Lipinski definition) is 3. The summed E-state index contributed by atoms with van der Waals surface area (Å²) in [6.45, 7) is 0. The monoisotopic (exact) mass is 493 g/mol. The van der Waals surface area contributed by atoms with Crippen LogP contribution < -0.4 is 25.8 Å². The molecule has 0 heterocycles. The lowest BCUT2D eigenvalue weighted by atomic mass is 10.0. The number of hydrogen-bond acceptors (Lipinski definition) is 4. The predicted octanol–water partition coefficient (Wildman–Crippen LogP) is 5.72. The second-order valence-electron chi connectivity index (χ2n) is 6.49. The summed E-state index contributed by atoms with van der Waals surface area (Å²) in [6.07, 6.45) is 0. The molecule has 4 N–H and O–H groups in total. The smallest absolute Gasteiger partial charge is 0.251 e. The molecule has 0 unspecified atom stereocenters. The van der Waals surface area contributed by atoms with Crippen molar-refractivity contribution in [3.8, 4) is 22.6 Å². The Labute approximate surface area is 199 Å². The Morgan fingerprint density at radius 1 is 0.969 bits per heavy atom. The Hall–Kier alpha value is -3.07. The molecule has 0 aliphatic heterocycles. The number of methoxy groups -OCH3 is 2. The van der Waals surface area contributed by atoms with Crippen LogP contribution in [0.2, 0.25) is 10.0 Å². The van der Waals surface area contributed by atoms with E-state index in [-0.39, 0.29) is 21.3 Å². The van der Waals surface area contributed by atoms with Gasteiger partial charge in [0.25, 0.3) is 5.91 Å². The van der Waals surface area contributed by atoms with Gasteiger partial charge in [-0.05, 0) is 42.0 Å². The van der Waals surface area contributed by atoms with Crippen molar-refractivity contribution >= 4 is 57.8 Å². The number of halogens is 3. The van der Waals surface area contributed by atoms with Gasteiger partial charge in [-0.15, -0.1) is 0 Å². The molecule has 0 saturated heterocycles. The van der Waals surface area contributed by atoms with Crippen molar-refractivity contribution in [2.24, 2.45) is 5.73 Å². The van der Waals surface area contributed by atoms with Gasteiger partial charge in [-0.25, -0.2) is 4.39 Å². The highest BCUT2D eigenvalue weighted by Crippen LogP contribution is 2.36. The lowest BCUT2D eigenvalue weighted by Gasteiger charge is -2.16. The quantitative estimate of drug-likeness (QED) is 0.380. The second-order valence-corrected chi connectivity index (χ2v) is 7.71. The fraction of sp³-hybridized carbons (Fsp3) is 0.0909. The molecule has 0 aliphatic carbocycles. The van der Waals surface area contributed by atoms with Gasteiger partial charge in [0.2, 0.25) is 0 Å². The zero-order valence-corrected chi connectivity index (χ0v) is 19.3. The van der Waals surface area contributed by atoms with Gasteiger partial charge in [0, 0.05) is 11.6 Å². The molecule has 32 heavy (non-hydrogen) atoms. The van der Waals surface area contributed by atoms with Crippen LogP contribution in [0.1, 0.15) is 10.4 Å². The number of benzene rings is 3. The Bertz CT molecular complexity index is 1210. The highest BCUT2D eigenvalue weighted by atomic mass is 35.5. The Kier molecular flexibility index (Phi) is 7.40. The first-order valence-electron chi connectivity index (χ1n) is 9.13. The lowest BCUT2D eigenvalue weighted by molar-refractivity contribution is 0.0996.